The van der Waals surface area contributed by atoms with Crippen molar-refractivity contribution in [2.45, 2.75) is 33.2 Å². The van der Waals surface area contributed by atoms with Crippen molar-refractivity contribution in [1.82, 2.24) is 4.90 Å². The molecule has 1 aliphatic rings. The largest absolute Gasteiger partial charge is 0.494 e. The highest BCUT2D eigenvalue weighted by Gasteiger charge is 2.15. The maximum absolute atomic E-state index is 5.45. The van der Waals surface area contributed by atoms with Crippen LogP contribution in [0.25, 0.3) is 0 Å². The zero-order valence-corrected chi connectivity index (χ0v) is 11.0. The van der Waals surface area contributed by atoms with Crippen LogP contribution in [0.5, 0.6) is 5.75 Å². The fraction of sp³-hybridized carbons (Fsp3) is 0.600. The van der Waals surface area contributed by atoms with Gasteiger partial charge in [0.1, 0.15) is 5.75 Å². The first-order valence-corrected chi connectivity index (χ1v) is 6.72. The van der Waals surface area contributed by atoms with Crippen LogP contribution in [0, 0.1) is 5.92 Å². The van der Waals surface area contributed by atoms with E-state index < -0.39 is 0 Å². The molecule has 0 aliphatic carbocycles. The Morgan fingerprint density at radius 2 is 1.82 bits per heavy atom. The van der Waals surface area contributed by atoms with Gasteiger partial charge in [0.15, 0.2) is 0 Å². The molecule has 0 amide bonds. The lowest BCUT2D eigenvalue weighted by Gasteiger charge is -2.30. The lowest BCUT2D eigenvalue weighted by molar-refractivity contribution is 0.185. The van der Waals surface area contributed by atoms with Crippen LogP contribution in [-0.4, -0.2) is 24.6 Å². The van der Waals surface area contributed by atoms with E-state index >= 15 is 0 Å². The third-order valence-electron chi connectivity index (χ3n) is 3.52. The Morgan fingerprint density at radius 3 is 2.41 bits per heavy atom. The SMILES string of the molecule is CCOc1ccc(CN2CCC(C)CC2)cc1. The molecule has 2 nitrogen and oxygen atoms in total. The minimum atomic E-state index is 0.739. The summed E-state index contributed by atoms with van der Waals surface area (Å²) in [6.45, 7) is 8.68. The molecular formula is C15H23NO. The predicted molar refractivity (Wildman–Crippen MR) is 71.3 cm³/mol. The Kier molecular flexibility index (Phi) is 4.43. The average molecular weight is 233 g/mol. The van der Waals surface area contributed by atoms with Gasteiger partial charge in [-0.2, -0.15) is 0 Å². The van der Waals surface area contributed by atoms with Crippen LogP contribution in [0.1, 0.15) is 32.3 Å². The first-order chi connectivity index (χ1) is 8.28. The van der Waals surface area contributed by atoms with E-state index in [4.69, 9.17) is 4.74 Å². The van der Waals surface area contributed by atoms with Gasteiger partial charge < -0.3 is 4.74 Å². The first-order valence-electron chi connectivity index (χ1n) is 6.72. The molecule has 0 bridgehead atoms. The number of benzene rings is 1. The Balaban J connectivity index is 1.86. The molecule has 0 N–H and O–H groups in total. The summed E-state index contributed by atoms with van der Waals surface area (Å²) in [5.74, 6) is 1.88. The monoisotopic (exact) mass is 233 g/mol. The van der Waals surface area contributed by atoms with Crippen molar-refractivity contribution in [3.8, 4) is 5.75 Å². The van der Waals surface area contributed by atoms with Crippen molar-refractivity contribution in [2.75, 3.05) is 19.7 Å². The molecule has 2 rings (SSSR count). The summed E-state index contributed by atoms with van der Waals surface area (Å²) in [6.07, 6.45) is 2.69. The van der Waals surface area contributed by atoms with E-state index in [2.05, 4.69) is 36.1 Å². The van der Waals surface area contributed by atoms with Crippen LogP contribution in [-0.2, 0) is 6.54 Å². The number of hydrogen-bond donors (Lipinski definition) is 0. The van der Waals surface area contributed by atoms with Gasteiger partial charge in [-0.05, 0) is 56.5 Å². The zero-order chi connectivity index (χ0) is 12.1. The molecule has 0 unspecified atom stereocenters. The highest BCUT2D eigenvalue weighted by atomic mass is 16.5. The summed E-state index contributed by atoms with van der Waals surface area (Å²) in [6, 6.07) is 8.52. The van der Waals surface area contributed by atoms with E-state index in [1.165, 1.54) is 31.5 Å². The van der Waals surface area contributed by atoms with E-state index in [1.807, 2.05) is 6.92 Å². The maximum Gasteiger partial charge on any atom is 0.119 e. The molecule has 1 saturated heterocycles. The van der Waals surface area contributed by atoms with Crippen molar-refractivity contribution < 1.29 is 4.74 Å². The second-order valence-electron chi connectivity index (χ2n) is 5.04. The van der Waals surface area contributed by atoms with E-state index in [1.54, 1.807) is 0 Å². The lowest BCUT2D eigenvalue weighted by atomic mass is 9.99. The summed E-state index contributed by atoms with van der Waals surface area (Å²) in [5.41, 5.74) is 1.39. The first kappa shape index (κ1) is 12.4. The van der Waals surface area contributed by atoms with Gasteiger partial charge in [0.05, 0.1) is 6.61 Å². The Bertz CT molecular complexity index is 325. The summed E-state index contributed by atoms with van der Waals surface area (Å²) in [7, 11) is 0. The average Bonchev–Trinajstić information content (AvgIpc) is 2.35. The van der Waals surface area contributed by atoms with Crippen LogP contribution in [0.3, 0.4) is 0 Å². The minimum absolute atomic E-state index is 0.739. The third-order valence-corrected chi connectivity index (χ3v) is 3.52. The molecule has 1 aromatic rings. The van der Waals surface area contributed by atoms with Crippen molar-refractivity contribution in [3.63, 3.8) is 0 Å². The molecule has 0 saturated carbocycles. The highest BCUT2D eigenvalue weighted by molar-refractivity contribution is 5.27. The highest BCUT2D eigenvalue weighted by Crippen LogP contribution is 2.19. The summed E-state index contributed by atoms with van der Waals surface area (Å²) in [4.78, 5) is 2.55. The number of piperidine rings is 1. The molecule has 1 fully saturated rings. The molecule has 0 atom stereocenters. The third kappa shape index (κ3) is 3.74. The molecule has 0 radical (unpaired) electrons. The van der Waals surface area contributed by atoms with E-state index in [-0.39, 0.29) is 0 Å². The van der Waals surface area contributed by atoms with Gasteiger partial charge in [-0.15, -0.1) is 0 Å². The summed E-state index contributed by atoms with van der Waals surface area (Å²) in [5, 5.41) is 0. The number of nitrogens with zero attached hydrogens (tertiary/aromatic N) is 1. The fourth-order valence-electron chi connectivity index (χ4n) is 2.34. The fourth-order valence-corrected chi connectivity index (χ4v) is 2.34. The number of hydrogen-bond acceptors (Lipinski definition) is 2. The van der Waals surface area contributed by atoms with Crippen molar-refractivity contribution in [3.05, 3.63) is 29.8 Å². The van der Waals surface area contributed by atoms with E-state index in [9.17, 15) is 0 Å². The van der Waals surface area contributed by atoms with Gasteiger partial charge in [0, 0.05) is 6.54 Å². The van der Waals surface area contributed by atoms with Gasteiger partial charge in [-0.25, -0.2) is 0 Å². The van der Waals surface area contributed by atoms with Gasteiger partial charge in [0.25, 0.3) is 0 Å². The smallest absolute Gasteiger partial charge is 0.119 e. The van der Waals surface area contributed by atoms with Crippen LogP contribution in [0.15, 0.2) is 24.3 Å². The Hall–Kier alpha value is -1.02. The normalized spacial score (nSPS) is 18.2. The standard InChI is InChI=1S/C15H23NO/c1-3-17-15-6-4-14(5-7-15)12-16-10-8-13(2)9-11-16/h4-7,13H,3,8-12H2,1-2H3. The molecule has 1 heterocycles. The molecular weight excluding hydrogens is 210 g/mol. The van der Waals surface area contributed by atoms with Crippen LogP contribution >= 0.6 is 0 Å². The van der Waals surface area contributed by atoms with Crippen LogP contribution in [0.2, 0.25) is 0 Å². The minimum Gasteiger partial charge on any atom is -0.494 e. The van der Waals surface area contributed by atoms with Gasteiger partial charge in [0.2, 0.25) is 0 Å². The second kappa shape index (κ2) is 6.06. The van der Waals surface area contributed by atoms with E-state index in [0.717, 1.165) is 24.8 Å². The molecule has 2 heteroatoms. The number of rotatable bonds is 4. The quantitative estimate of drug-likeness (QED) is 0.791. The zero-order valence-electron chi connectivity index (χ0n) is 11.0. The molecule has 1 aliphatic heterocycles. The molecule has 0 aromatic heterocycles. The van der Waals surface area contributed by atoms with Crippen LogP contribution in [0.4, 0.5) is 0 Å². The Labute approximate surface area is 105 Å². The molecule has 1 aromatic carbocycles. The van der Waals surface area contributed by atoms with Crippen molar-refractivity contribution >= 4 is 0 Å². The number of ether oxygens (including phenoxy) is 1. The van der Waals surface area contributed by atoms with Crippen molar-refractivity contribution in [2.24, 2.45) is 5.92 Å². The predicted octanol–water partition coefficient (Wildman–Crippen LogP) is 3.32. The summed E-state index contributed by atoms with van der Waals surface area (Å²) < 4.78 is 5.45. The Morgan fingerprint density at radius 1 is 1.18 bits per heavy atom. The van der Waals surface area contributed by atoms with Gasteiger partial charge in [-0.1, -0.05) is 19.1 Å². The van der Waals surface area contributed by atoms with Gasteiger partial charge >= 0.3 is 0 Å². The summed E-state index contributed by atoms with van der Waals surface area (Å²) >= 11 is 0. The molecule has 0 spiro atoms. The maximum atomic E-state index is 5.45. The number of likely N-dealkylation sites (tertiary alicyclic amines) is 1. The van der Waals surface area contributed by atoms with E-state index in [0.29, 0.717) is 0 Å². The second-order valence-corrected chi connectivity index (χ2v) is 5.04. The topological polar surface area (TPSA) is 12.5 Å². The van der Waals surface area contributed by atoms with Crippen molar-refractivity contribution in [1.29, 1.82) is 0 Å². The van der Waals surface area contributed by atoms with Gasteiger partial charge in [-0.3, -0.25) is 4.90 Å². The van der Waals surface area contributed by atoms with Crippen LogP contribution < -0.4 is 4.74 Å². The molecule has 17 heavy (non-hydrogen) atoms. The lowest BCUT2D eigenvalue weighted by Crippen LogP contribution is -2.32. The molecule has 94 valence electrons.